The molecule has 1 aromatic rings. The lowest BCUT2D eigenvalue weighted by Gasteiger charge is -2.24. The number of carbonyl (C=O) groups is 1. The molecule has 2 rings (SSSR count). The molecule has 106 valence electrons. The Balaban J connectivity index is 1.91. The molecule has 0 aliphatic carbocycles. The number of aryl methyl sites for hydroxylation is 1. The van der Waals surface area contributed by atoms with Gasteiger partial charge in [-0.05, 0) is 12.5 Å². The van der Waals surface area contributed by atoms with Gasteiger partial charge in [-0.2, -0.15) is 0 Å². The van der Waals surface area contributed by atoms with Gasteiger partial charge in [0.2, 0.25) is 0 Å². The third-order valence-electron chi connectivity index (χ3n) is 3.07. The molecule has 0 aromatic carbocycles. The molecule has 0 spiro atoms. The molecular formula is C13H20ClN3O2. The topological polar surface area (TPSA) is 55.3 Å². The van der Waals surface area contributed by atoms with Gasteiger partial charge >= 0.3 is 0 Å². The van der Waals surface area contributed by atoms with Crippen LogP contribution in [0.3, 0.4) is 0 Å². The van der Waals surface area contributed by atoms with Gasteiger partial charge < -0.3 is 19.9 Å². The van der Waals surface area contributed by atoms with E-state index < -0.39 is 0 Å². The molecule has 0 saturated carbocycles. The van der Waals surface area contributed by atoms with Gasteiger partial charge in [0, 0.05) is 31.9 Å². The van der Waals surface area contributed by atoms with E-state index in [4.69, 9.17) is 16.3 Å². The number of nitrogens with zero attached hydrogens (tertiary/aromatic N) is 1. The maximum Gasteiger partial charge on any atom is 0.268 e. The fourth-order valence-electron chi connectivity index (χ4n) is 2.15. The second-order valence-electron chi connectivity index (χ2n) is 4.67. The average molecular weight is 286 g/mol. The highest BCUT2D eigenvalue weighted by atomic mass is 35.5. The van der Waals surface area contributed by atoms with Crippen LogP contribution in [0.1, 0.15) is 23.8 Å². The first-order chi connectivity index (χ1) is 9.20. The molecule has 1 aliphatic heterocycles. The number of halogens is 1. The molecule has 1 aromatic heterocycles. The van der Waals surface area contributed by atoms with Crippen LogP contribution < -0.4 is 10.6 Å². The van der Waals surface area contributed by atoms with Crippen molar-refractivity contribution in [3.63, 3.8) is 0 Å². The maximum atomic E-state index is 12.1. The van der Waals surface area contributed by atoms with E-state index >= 15 is 0 Å². The first kappa shape index (κ1) is 14.4. The van der Waals surface area contributed by atoms with Gasteiger partial charge in [0.05, 0.1) is 18.2 Å². The summed E-state index contributed by atoms with van der Waals surface area (Å²) in [6.07, 6.45) is 2.76. The number of carbonyl (C=O) groups excluding carboxylic acids is 1. The summed E-state index contributed by atoms with van der Waals surface area (Å²) in [4.78, 5) is 12.1. The van der Waals surface area contributed by atoms with E-state index in [0.717, 1.165) is 26.1 Å². The maximum absolute atomic E-state index is 12.1. The minimum absolute atomic E-state index is 0.0901. The summed E-state index contributed by atoms with van der Waals surface area (Å²) in [6, 6.07) is 1.89. The Labute approximate surface area is 118 Å². The van der Waals surface area contributed by atoms with Crippen LogP contribution >= 0.6 is 11.6 Å². The van der Waals surface area contributed by atoms with Gasteiger partial charge in [-0.1, -0.05) is 18.5 Å². The summed E-state index contributed by atoms with van der Waals surface area (Å²) in [7, 11) is 0. The average Bonchev–Trinajstić information content (AvgIpc) is 2.79. The highest BCUT2D eigenvalue weighted by molar-refractivity contribution is 6.31. The molecule has 1 atom stereocenters. The van der Waals surface area contributed by atoms with Crippen LogP contribution in [-0.4, -0.2) is 42.8 Å². The Bertz CT molecular complexity index is 428. The van der Waals surface area contributed by atoms with Crippen molar-refractivity contribution in [2.24, 2.45) is 0 Å². The number of morpholine rings is 1. The van der Waals surface area contributed by atoms with Crippen LogP contribution in [0.25, 0.3) is 0 Å². The Hall–Kier alpha value is -1.04. The van der Waals surface area contributed by atoms with Crippen LogP contribution in [0.15, 0.2) is 12.3 Å². The summed E-state index contributed by atoms with van der Waals surface area (Å²) in [5.74, 6) is -0.0901. The SMILES string of the molecule is CCCn1cc(Cl)cc1C(=O)NCC1COCCN1. The summed E-state index contributed by atoms with van der Waals surface area (Å²) in [6.45, 7) is 5.63. The minimum Gasteiger partial charge on any atom is -0.378 e. The predicted molar refractivity (Wildman–Crippen MR) is 74.7 cm³/mol. The zero-order valence-corrected chi connectivity index (χ0v) is 11.9. The van der Waals surface area contributed by atoms with Crippen LogP contribution in [0, 0.1) is 0 Å². The number of hydrogen-bond acceptors (Lipinski definition) is 3. The molecule has 6 heteroatoms. The largest absolute Gasteiger partial charge is 0.378 e. The third-order valence-corrected chi connectivity index (χ3v) is 3.27. The summed E-state index contributed by atoms with van der Waals surface area (Å²) < 4.78 is 7.24. The van der Waals surface area contributed by atoms with E-state index in [1.165, 1.54) is 0 Å². The molecule has 1 amide bonds. The molecule has 19 heavy (non-hydrogen) atoms. The van der Waals surface area contributed by atoms with Gasteiger partial charge in [0.25, 0.3) is 5.91 Å². The number of hydrogen-bond donors (Lipinski definition) is 2. The van der Waals surface area contributed by atoms with Gasteiger partial charge in [0.15, 0.2) is 0 Å². The fourth-order valence-corrected chi connectivity index (χ4v) is 2.37. The molecule has 1 saturated heterocycles. The molecule has 1 aliphatic rings. The van der Waals surface area contributed by atoms with Crippen molar-refractivity contribution in [1.29, 1.82) is 0 Å². The van der Waals surface area contributed by atoms with E-state index in [1.54, 1.807) is 12.3 Å². The van der Waals surface area contributed by atoms with Crippen molar-refractivity contribution in [2.75, 3.05) is 26.3 Å². The molecule has 1 fully saturated rings. The Kier molecular flexibility index (Phi) is 5.24. The lowest BCUT2D eigenvalue weighted by Crippen LogP contribution is -2.48. The lowest BCUT2D eigenvalue weighted by atomic mass is 10.2. The van der Waals surface area contributed by atoms with E-state index in [0.29, 0.717) is 23.9 Å². The monoisotopic (exact) mass is 285 g/mol. The van der Waals surface area contributed by atoms with Crippen LogP contribution in [-0.2, 0) is 11.3 Å². The minimum atomic E-state index is -0.0901. The first-order valence-electron chi connectivity index (χ1n) is 6.65. The normalized spacial score (nSPS) is 19.4. The number of nitrogens with one attached hydrogen (secondary N) is 2. The molecule has 1 unspecified atom stereocenters. The van der Waals surface area contributed by atoms with E-state index in [2.05, 4.69) is 17.6 Å². The highest BCUT2D eigenvalue weighted by Gasteiger charge is 2.16. The van der Waals surface area contributed by atoms with Crippen molar-refractivity contribution in [2.45, 2.75) is 25.9 Å². The van der Waals surface area contributed by atoms with Crippen LogP contribution in [0.4, 0.5) is 0 Å². The number of ether oxygens (including phenoxy) is 1. The lowest BCUT2D eigenvalue weighted by molar-refractivity contribution is 0.0732. The zero-order chi connectivity index (χ0) is 13.7. The molecule has 0 radical (unpaired) electrons. The van der Waals surface area contributed by atoms with Crippen LogP contribution in [0.2, 0.25) is 5.02 Å². The van der Waals surface area contributed by atoms with Gasteiger partial charge in [-0.3, -0.25) is 4.79 Å². The molecule has 5 nitrogen and oxygen atoms in total. The van der Waals surface area contributed by atoms with E-state index in [-0.39, 0.29) is 11.9 Å². The van der Waals surface area contributed by atoms with E-state index in [9.17, 15) is 4.79 Å². The van der Waals surface area contributed by atoms with Crippen molar-refractivity contribution >= 4 is 17.5 Å². The Morgan fingerprint density at radius 3 is 3.21 bits per heavy atom. The second-order valence-corrected chi connectivity index (χ2v) is 5.11. The van der Waals surface area contributed by atoms with Crippen molar-refractivity contribution in [3.8, 4) is 0 Å². The Morgan fingerprint density at radius 1 is 1.68 bits per heavy atom. The molecule has 0 bridgehead atoms. The predicted octanol–water partition coefficient (Wildman–Crippen LogP) is 1.27. The highest BCUT2D eigenvalue weighted by Crippen LogP contribution is 2.14. The number of aromatic nitrogens is 1. The fraction of sp³-hybridized carbons (Fsp3) is 0.615. The van der Waals surface area contributed by atoms with Gasteiger partial charge in [-0.25, -0.2) is 0 Å². The van der Waals surface area contributed by atoms with E-state index in [1.807, 2.05) is 4.57 Å². The van der Waals surface area contributed by atoms with Crippen molar-refractivity contribution in [3.05, 3.63) is 23.0 Å². The van der Waals surface area contributed by atoms with Crippen molar-refractivity contribution in [1.82, 2.24) is 15.2 Å². The summed E-state index contributed by atoms with van der Waals surface area (Å²) >= 11 is 5.96. The molecular weight excluding hydrogens is 266 g/mol. The number of rotatable bonds is 5. The third kappa shape index (κ3) is 3.96. The molecule has 2 heterocycles. The first-order valence-corrected chi connectivity index (χ1v) is 7.03. The second kappa shape index (κ2) is 6.93. The summed E-state index contributed by atoms with van der Waals surface area (Å²) in [5, 5.41) is 6.81. The quantitative estimate of drug-likeness (QED) is 0.857. The van der Waals surface area contributed by atoms with Gasteiger partial charge in [-0.15, -0.1) is 0 Å². The van der Waals surface area contributed by atoms with Crippen LogP contribution in [0.5, 0.6) is 0 Å². The molecule has 2 N–H and O–H groups in total. The van der Waals surface area contributed by atoms with Crippen molar-refractivity contribution < 1.29 is 9.53 Å². The standard InChI is InChI=1S/C13H20ClN3O2/c1-2-4-17-8-10(14)6-12(17)13(18)16-7-11-9-19-5-3-15-11/h6,8,11,15H,2-5,7,9H2,1H3,(H,16,18). The van der Waals surface area contributed by atoms with Gasteiger partial charge in [0.1, 0.15) is 5.69 Å². The Morgan fingerprint density at radius 2 is 2.53 bits per heavy atom. The number of amides is 1. The smallest absolute Gasteiger partial charge is 0.268 e. The zero-order valence-electron chi connectivity index (χ0n) is 11.1. The summed E-state index contributed by atoms with van der Waals surface area (Å²) in [5.41, 5.74) is 0.614.